The molecule has 0 aliphatic carbocycles. The molecule has 7 heteroatoms. The summed E-state index contributed by atoms with van der Waals surface area (Å²) in [6.45, 7) is 11.3. The van der Waals surface area contributed by atoms with Gasteiger partial charge in [-0.25, -0.2) is 13.6 Å². The minimum Gasteiger partial charge on any atom is -0.444 e. The van der Waals surface area contributed by atoms with Gasteiger partial charge in [0, 0.05) is 25.2 Å². The molecule has 0 saturated carbocycles. The van der Waals surface area contributed by atoms with Crippen LogP contribution in [-0.2, 0) is 4.74 Å². The fourth-order valence-electron chi connectivity index (χ4n) is 1.55. The molecule has 1 amide bonds. The predicted molar refractivity (Wildman–Crippen MR) is 77.6 cm³/mol. The monoisotopic (exact) mass is 310 g/mol. The molecule has 0 heterocycles. The standard InChI is InChI=1S/C14H28F2N2O3/c1-13(2,3)18(12(20)21-14(4,5)6)8-7-17-9-10(19)11(15)16/h10-11,17,19H,7-9H2,1-6H3. The van der Waals surface area contributed by atoms with Crippen molar-refractivity contribution in [2.45, 2.75) is 65.2 Å². The van der Waals surface area contributed by atoms with E-state index < -0.39 is 29.8 Å². The van der Waals surface area contributed by atoms with Crippen molar-refractivity contribution >= 4 is 6.09 Å². The minimum atomic E-state index is -2.78. The molecule has 0 aromatic heterocycles. The molecular weight excluding hydrogens is 282 g/mol. The second-order valence-corrected chi connectivity index (χ2v) is 6.91. The van der Waals surface area contributed by atoms with Crippen molar-refractivity contribution in [2.75, 3.05) is 19.6 Å². The third-order valence-electron chi connectivity index (χ3n) is 2.58. The van der Waals surface area contributed by atoms with Crippen LogP contribution in [-0.4, -0.2) is 59.4 Å². The number of carbonyl (C=O) groups excluding carboxylic acids is 1. The van der Waals surface area contributed by atoms with Gasteiger partial charge in [-0.2, -0.15) is 0 Å². The summed E-state index contributed by atoms with van der Waals surface area (Å²) in [6, 6.07) is 0. The molecule has 0 aromatic rings. The number of hydrogen-bond donors (Lipinski definition) is 2. The van der Waals surface area contributed by atoms with Crippen LogP contribution in [0.2, 0.25) is 0 Å². The first-order valence-corrected chi connectivity index (χ1v) is 7.02. The van der Waals surface area contributed by atoms with E-state index in [2.05, 4.69) is 5.32 Å². The number of aliphatic hydroxyl groups is 1. The lowest BCUT2D eigenvalue weighted by Gasteiger charge is -2.37. The second-order valence-electron chi connectivity index (χ2n) is 6.91. The summed E-state index contributed by atoms with van der Waals surface area (Å²) in [5.74, 6) is 0. The van der Waals surface area contributed by atoms with Gasteiger partial charge in [-0.1, -0.05) is 0 Å². The Hall–Kier alpha value is -0.950. The number of nitrogens with zero attached hydrogens (tertiary/aromatic N) is 1. The van der Waals surface area contributed by atoms with Crippen LogP contribution in [0.1, 0.15) is 41.5 Å². The van der Waals surface area contributed by atoms with Gasteiger partial charge in [-0.05, 0) is 41.5 Å². The van der Waals surface area contributed by atoms with E-state index in [-0.39, 0.29) is 6.54 Å². The Bertz CT molecular complexity index is 325. The zero-order valence-corrected chi connectivity index (χ0v) is 13.7. The van der Waals surface area contributed by atoms with Gasteiger partial charge >= 0.3 is 6.09 Å². The Morgan fingerprint density at radius 1 is 1.24 bits per heavy atom. The van der Waals surface area contributed by atoms with Crippen molar-refractivity contribution in [3.05, 3.63) is 0 Å². The first-order chi connectivity index (χ1) is 9.34. The summed E-state index contributed by atoms with van der Waals surface area (Å²) >= 11 is 0. The lowest BCUT2D eigenvalue weighted by molar-refractivity contribution is -0.00563. The van der Waals surface area contributed by atoms with E-state index in [4.69, 9.17) is 9.84 Å². The smallest absolute Gasteiger partial charge is 0.410 e. The highest BCUT2D eigenvalue weighted by Crippen LogP contribution is 2.17. The average molecular weight is 310 g/mol. The molecule has 0 aliphatic heterocycles. The van der Waals surface area contributed by atoms with Crippen LogP contribution < -0.4 is 5.32 Å². The molecule has 0 fully saturated rings. The molecule has 5 nitrogen and oxygen atoms in total. The van der Waals surface area contributed by atoms with Crippen molar-refractivity contribution < 1.29 is 23.4 Å². The topological polar surface area (TPSA) is 61.8 Å². The fraction of sp³-hybridized carbons (Fsp3) is 0.929. The predicted octanol–water partition coefficient (Wildman–Crippen LogP) is 2.24. The normalized spacial score (nSPS) is 14.2. The molecule has 1 atom stereocenters. The van der Waals surface area contributed by atoms with E-state index in [1.807, 2.05) is 20.8 Å². The van der Waals surface area contributed by atoms with E-state index in [1.165, 1.54) is 4.90 Å². The summed E-state index contributed by atoms with van der Waals surface area (Å²) in [6.07, 6.45) is -4.93. The summed E-state index contributed by atoms with van der Waals surface area (Å²) in [4.78, 5) is 13.7. The van der Waals surface area contributed by atoms with Gasteiger partial charge in [0.2, 0.25) is 0 Å². The summed E-state index contributed by atoms with van der Waals surface area (Å²) in [5, 5.41) is 11.7. The van der Waals surface area contributed by atoms with Gasteiger partial charge in [0.15, 0.2) is 0 Å². The van der Waals surface area contributed by atoms with Crippen molar-refractivity contribution in [3.8, 4) is 0 Å². The van der Waals surface area contributed by atoms with Crippen LogP contribution in [0.25, 0.3) is 0 Å². The van der Waals surface area contributed by atoms with Crippen LogP contribution >= 0.6 is 0 Å². The summed E-state index contributed by atoms with van der Waals surface area (Å²) in [7, 11) is 0. The Kier molecular flexibility index (Phi) is 7.53. The molecule has 0 spiro atoms. The van der Waals surface area contributed by atoms with Crippen molar-refractivity contribution in [1.82, 2.24) is 10.2 Å². The van der Waals surface area contributed by atoms with Crippen LogP contribution in [0.5, 0.6) is 0 Å². The number of aliphatic hydroxyl groups excluding tert-OH is 1. The molecule has 1 unspecified atom stereocenters. The first kappa shape index (κ1) is 20.1. The van der Waals surface area contributed by atoms with Gasteiger partial charge in [-0.3, -0.25) is 0 Å². The van der Waals surface area contributed by atoms with Crippen LogP contribution in [0.15, 0.2) is 0 Å². The van der Waals surface area contributed by atoms with Gasteiger partial charge in [0.05, 0.1) is 0 Å². The number of halogens is 2. The molecule has 0 bridgehead atoms. The maximum absolute atomic E-state index is 12.1. The number of ether oxygens (including phenoxy) is 1. The highest BCUT2D eigenvalue weighted by molar-refractivity contribution is 5.69. The molecule has 2 N–H and O–H groups in total. The van der Waals surface area contributed by atoms with E-state index in [0.29, 0.717) is 13.1 Å². The largest absolute Gasteiger partial charge is 0.444 e. The quantitative estimate of drug-likeness (QED) is 0.739. The molecule has 0 aromatic carbocycles. The fourth-order valence-corrected chi connectivity index (χ4v) is 1.55. The van der Waals surface area contributed by atoms with E-state index >= 15 is 0 Å². The lowest BCUT2D eigenvalue weighted by Crippen LogP contribution is -2.50. The third-order valence-corrected chi connectivity index (χ3v) is 2.58. The van der Waals surface area contributed by atoms with Gasteiger partial charge < -0.3 is 20.1 Å². The van der Waals surface area contributed by atoms with Crippen molar-refractivity contribution in [1.29, 1.82) is 0 Å². The molecular formula is C14H28F2N2O3. The Morgan fingerprint density at radius 3 is 2.14 bits per heavy atom. The number of amides is 1. The maximum atomic E-state index is 12.1. The SMILES string of the molecule is CC(C)(C)OC(=O)N(CCNCC(O)C(F)F)C(C)(C)C. The Morgan fingerprint density at radius 2 is 1.76 bits per heavy atom. The van der Waals surface area contributed by atoms with Crippen molar-refractivity contribution in [2.24, 2.45) is 0 Å². The van der Waals surface area contributed by atoms with E-state index in [0.717, 1.165) is 0 Å². The molecule has 0 aliphatic rings. The minimum absolute atomic E-state index is 0.218. The third kappa shape index (κ3) is 8.83. The van der Waals surface area contributed by atoms with Crippen LogP contribution in [0.4, 0.5) is 13.6 Å². The van der Waals surface area contributed by atoms with Gasteiger partial charge in [-0.15, -0.1) is 0 Å². The van der Waals surface area contributed by atoms with Gasteiger partial charge in [0.1, 0.15) is 11.7 Å². The average Bonchev–Trinajstić information content (AvgIpc) is 2.23. The number of hydrogen-bond acceptors (Lipinski definition) is 4. The number of nitrogens with one attached hydrogen (secondary N) is 1. The number of carbonyl (C=O) groups is 1. The van der Waals surface area contributed by atoms with Crippen molar-refractivity contribution in [3.63, 3.8) is 0 Å². The van der Waals surface area contributed by atoms with Crippen LogP contribution in [0, 0.1) is 0 Å². The second kappa shape index (κ2) is 7.89. The molecule has 0 saturated heterocycles. The van der Waals surface area contributed by atoms with E-state index in [9.17, 15) is 13.6 Å². The van der Waals surface area contributed by atoms with E-state index in [1.54, 1.807) is 20.8 Å². The molecule has 0 rings (SSSR count). The Balaban J connectivity index is 4.43. The molecule has 126 valence electrons. The zero-order valence-electron chi connectivity index (χ0n) is 13.7. The zero-order chi connectivity index (χ0) is 16.8. The Labute approximate surface area is 125 Å². The van der Waals surface area contributed by atoms with Crippen LogP contribution in [0.3, 0.4) is 0 Å². The molecule has 0 radical (unpaired) electrons. The molecule has 21 heavy (non-hydrogen) atoms. The highest BCUT2D eigenvalue weighted by Gasteiger charge is 2.30. The van der Waals surface area contributed by atoms with Gasteiger partial charge in [0.25, 0.3) is 6.43 Å². The lowest BCUT2D eigenvalue weighted by atomic mass is 10.1. The highest BCUT2D eigenvalue weighted by atomic mass is 19.3. The number of rotatable bonds is 6. The first-order valence-electron chi connectivity index (χ1n) is 7.02. The maximum Gasteiger partial charge on any atom is 0.410 e. The number of alkyl halides is 2. The summed E-state index contributed by atoms with van der Waals surface area (Å²) < 4.78 is 29.6. The summed E-state index contributed by atoms with van der Waals surface area (Å²) in [5.41, 5.74) is -1.05.